The fourth-order valence-electron chi connectivity index (χ4n) is 2.75. The third kappa shape index (κ3) is 3.29. The zero-order valence-electron chi connectivity index (χ0n) is 13.1. The molecule has 1 aliphatic rings. The molecule has 0 aromatic heterocycles. The summed E-state index contributed by atoms with van der Waals surface area (Å²) in [6.07, 6.45) is 0. The van der Waals surface area contributed by atoms with Gasteiger partial charge in [-0.3, -0.25) is 4.90 Å². The number of hydrogen-bond donors (Lipinski definition) is 0. The molecule has 1 aliphatic heterocycles. The third-order valence-electron chi connectivity index (χ3n) is 4.11. The van der Waals surface area contributed by atoms with Crippen LogP contribution in [0, 0.1) is 0 Å². The molecule has 0 spiro atoms. The second kappa shape index (κ2) is 6.16. The number of likely N-dealkylation sites (tertiary alicyclic amines) is 1. The highest BCUT2D eigenvalue weighted by atomic mass is 35.5. The van der Waals surface area contributed by atoms with Gasteiger partial charge in [-0.1, -0.05) is 23.2 Å². The molecule has 1 atom stereocenters. The van der Waals surface area contributed by atoms with Crippen LogP contribution in [0.3, 0.4) is 0 Å². The van der Waals surface area contributed by atoms with E-state index in [9.17, 15) is 0 Å². The lowest BCUT2D eigenvalue weighted by Gasteiger charge is -2.48. The summed E-state index contributed by atoms with van der Waals surface area (Å²) in [5.74, 6) is 1.12. The first kappa shape index (κ1) is 17.2. The molecular formula is C16H22Cl3NO. The summed E-state index contributed by atoms with van der Waals surface area (Å²) >= 11 is 19.0. The number of ether oxygens (including phenoxy) is 1. The summed E-state index contributed by atoms with van der Waals surface area (Å²) < 4.78 is 5.61. The van der Waals surface area contributed by atoms with Crippen LogP contribution in [0.4, 0.5) is 0 Å². The van der Waals surface area contributed by atoms with Crippen LogP contribution in [0.25, 0.3) is 0 Å². The Morgan fingerprint density at radius 3 is 2.29 bits per heavy atom. The van der Waals surface area contributed by atoms with E-state index in [0.29, 0.717) is 16.0 Å². The molecule has 21 heavy (non-hydrogen) atoms. The van der Waals surface area contributed by atoms with Crippen molar-refractivity contribution in [1.29, 1.82) is 0 Å². The van der Waals surface area contributed by atoms with Crippen LogP contribution in [0.1, 0.15) is 50.1 Å². The fraction of sp³-hybridized carbons (Fsp3) is 0.625. The Morgan fingerprint density at radius 1 is 1.29 bits per heavy atom. The van der Waals surface area contributed by atoms with Crippen LogP contribution in [0.5, 0.6) is 5.75 Å². The Hall–Kier alpha value is -0.150. The fourth-order valence-corrected chi connectivity index (χ4v) is 3.42. The largest absolute Gasteiger partial charge is 0.496 e. The molecule has 1 unspecified atom stereocenters. The average Bonchev–Trinajstić information content (AvgIpc) is 2.30. The zero-order valence-corrected chi connectivity index (χ0v) is 15.4. The molecule has 1 heterocycles. The summed E-state index contributed by atoms with van der Waals surface area (Å²) in [5.41, 5.74) is 2.06. The number of hydrogen-bond acceptors (Lipinski definition) is 2. The van der Waals surface area contributed by atoms with Crippen molar-refractivity contribution in [1.82, 2.24) is 4.90 Å². The summed E-state index contributed by atoms with van der Waals surface area (Å²) in [4.78, 5) is 2.41. The third-order valence-corrected chi connectivity index (χ3v) is 5.14. The topological polar surface area (TPSA) is 12.5 Å². The van der Waals surface area contributed by atoms with Crippen LogP contribution in [0.15, 0.2) is 6.07 Å². The standard InChI is InChI=1S/C16H22Cl3NO/c1-9(17)11-6-12(18)14(19)13(15(11)21-5)10-7-20(8-10)16(2,3)4/h6,9-10H,7-8H2,1-5H3. The van der Waals surface area contributed by atoms with E-state index in [1.54, 1.807) is 7.11 Å². The van der Waals surface area contributed by atoms with Crippen molar-refractivity contribution in [3.63, 3.8) is 0 Å². The molecule has 0 amide bonds. The highest BCUT2D eigenvalue weighted by molar-refractivity contribution is 6.42. The normalized spacial score (nSPS) is 18.5. The maximum atomic E-state index is 6.45. The van der Waals surface area contributed by atoms with Gasteiger partial charge in [0.2, 0.25) is 0 Å². The minimum atomic E-state index is -0.174. The van der Waals surface area contributed by atoms with Crippen molar-refractivity contribution < 1.29 is 4.74 Å². The number of rotatable bonds is 3. The zero-order chi connectivity index (χ0) is 15.9. The van der Waals surface area contributed by atoms with Gasteiger partial charge in [-0.2, -0.15) is 0 Å². The van der Waals surface area contributed by atoms with Crippen LogP contribution < -0.4 is 4.74 Å². The minimum Gasteiger partial charge on any atom is -0.496 e. The van der Waals surface area contributed by atoms with Crippen molar-refractivity contribution in [3.8, 4) is 5.75 Å². The highest BCUT2D eigenvalue weighted by Gasteiger charge is 2.38. The molecule has 0 radical (unpaired) electrons. The highest BCUT2D eigenvalue weighted by Crippen LogP contribution is 2.47. The van der Waals surface area contributed by atoms with Gasteiger partial charge in [0.15, 0.2) is 0 Å². The van der Waals surface area contributed by atoms with Gasteiger partial charge in [-0.15, -0.1) is 11.6 Å². The maximum Gasteiger partial charge on any atom is 0.128 e. The number of methoxy groups -OCH3 is 1. The van der Waals surface area contributed by atoms with Gasteiger partial charge < -0.3 is 4.74 Å². The summed E-state index contributed by atoms with van der Waals surface area (Å²) in [6, 6.07) is 1.81. The second-order valence-corrected chi connectivity index (χ2v) is 8.04. The van der Waals surface area contributed by atoms with Crippen molar-refractivity contribution in [2.45, 2.75) is 44.5 Å². The number of alkyl halides is 1. The molecule has 5 heteroatoms. The molecule has 1 saturated heterocycles. The number of nitrogens with zero attached hydrogens (tertiary/aromatic N) is 1. The van der Waals surface area contributed by atoms with E-state index in [4.69, 9.17) is 39.5 Å². The van der Waals surface area contributed by atoms with Gasteiger partial charge in [0.05, 0.1) is 22.5 Å². The molecule has 0 N–H and O–H groups in total. The Kier molecular flexibility index (Phi) is 5.04. The Morgan fingerprint density at radius 2 is 1.86 bits per heavy atom. The molecule has 1 fully saturated rings. The van der Waals surface area contributed by atoms with Crippen LogP contribution in [-0.4, -0.2) is 30.6 Å². The van der Waals surface area contributed by atoms with Gasteiger partial charge in [0.25, 0.3) is 0 Å². The molecule has 1 aromatic rings. The van der Waals surface area contributed by atoms with Gasteiger partial charge in [-0.05, 0) is 33.8 Å². The molecule has 0 aliphatic carbocycles. The monoisotopic (exact) mass is 349 g/mol. The molecular weight excluding hydrogens is 329 g/mol. The van der Waals surface area contributed by atoms with Gasteiger partial charge in [-0.25, -0.2) is 0 Å². The predicted octanol–water partition coefficient (Wildman–Crippen LogP) is 5.50. The van der Waals surface area contributed by atoms with Gasteiger partial charge >= 0.3 is 0 Å². The Labute approximate surface area is 142 Å². The van der Waals surface area contributed by atoms with Crippen molar-refractivity contribution >= 4 is 34.8 Å². The Bertz CT molecular complexity index is 531. The molecule has 2 nitrogen and oxygen atoms in total. The lowest BCUT2D eigenvalue weighted by atomic mass is 9.85. The van der Waals surface area contributed by atoms with E-state index in [1.807, 2.05) is 13.0 Å². The molecule has 1 aromatic carbocycles. The number of benzene rings is 1. The van der Waals surface area contributed by atoms with Crippen LogP contribution in [-0.2, 0) is 0 Å². The predicted molar refractivity (Wildman–Crippen MR) is 91.3 cm³/mol. The molecule has 118 valence electrons. The smallest absolute Gasteiger partial charge is 0.128 e. The summed E-state index contributed by atoms with van der Waals surface area (Å²) in [5, 5.41) is 0.963. The minimum absolute atomic E-state index is 0.164. The molecule has 0 saturated carbocycles. The van der Waals surface area contributed by atoms with E-state index in [2.05, 4.69) is 25.7 Å². The first-order valence-electron chi connectivity index (χ1n) is 7.11. The molecule has 2 rings (SSSR count). The number of halogens is 3. The van der Waals surface area contributed by atoms with Crippen LogP contribution >= 0.6 is 34.8 Å². The van der Waals surface area contributed by atoms with E-state index < -0.39 is 0 Å². The first-order valence-corrected chi connectivity index (χ1v) is 8.31. The SMILES string of the molecule is COc1c(C(C)Cl)cc(Cl)c(Cl)c1C1CN(C(C)(C)C)C1. The quantitative estimate of drug-likeness (QED) is 0.667. The Balaban J connectivity index is 2.40. The second-order valence-electron chi connectivity index (χ2n) is 6.60. The van der Waals surface area contributed by atoms with Crippen molar-refractivity contribution in [2.24, 2.45) is 0 Å². The lowest BCUT2D eigenvalue weighted by Crippen LogP contribution is -2.54. The summed E-state index contributed by atoms with van der Waals surface area (Å²) in [7, 11) is 1.66. The maximum absolute atomic E-state index is 6.45. The summed E-state index contributed by atoms with van der Waals surface area (Å²) in [6.45, 7) is 10.5. The van der Waals surface area contributed by atoms with E-state index >= 15 is 0 Å². The van der Waals surface area contributed by atoms with E-state index in [1.165, 1.54) is 0 Å². The van der Waals surface area contributed by atoms with E-state index in [0.717, 1.165) is 30.0 Å². The molecule has 0 bridgehead atoms. The van der Waals surface area contributed by atoms with Gasteiger partial charge in [0.1, 0.15) is 5.75 Å². The van der Waals surface area contributed by atoms with Crippen LogP contribution in [0.2, 0.25) is 10.0 Å². The first-order chi connectivity index (χ1) is 9.66. The van der Waals surface area contributed by atoms with E-state index in [-0.39, 0.29) is 10.9 Å². The van der Waals surface area contributed by atoms with Gasteiger partial charge in [0, 0.05) is 35.7 Å². The van der Waals surface area contributed by atoms with Crippen molar-refractivity contribution in [3.05, 3.63) is 27.2 Å². The average molecular weight is 351 g/mol. The lowest BCUT2D eigenvalue weighted by molar-refractivity contribution is 0.0462. The van der Waals surface area contributed by atoms with Crippen molar-refractivity contribution in [2.75, 3.05) is 20.2 Å².